The van der Waals surface area contributed by atoms with E-state index in [4.69, 9.17) is 11.6 Å². The monoisotopic (exact) mass is 323 g/mol. The molecule has 0 unspecified atom stereocenters. The first kappa shape index (κ1) is 17.2. The van der Waals surface area contributed by atoms with Crippen LogP contribution in [0.4, 0.5) is 5.69 Å². The number of carbonyl (C=O) groups excluding carboxylic acids is 1. The lowest BCUT2D eigenvalue weighted by Gasteiger charge is -2.30. The fourth-order valence-electron chi connectivity index (χ4n) is 3.25. The molecule has 1 N–H and O–H groups in total. The molecule has 122 valence electrons. The summed E-state index contributed by atoms with van der Waals surface area (Å²) in [5.74, 6) is 1.51. The van der Waals surface area contributed by atoms with E-state index in [0.29, 0.717) is 16.6 Å². The molecule has 0 aromatic carbocycles. The van der Waals surface area contributed by atoms with Gasteiger partial charge in [-0.15, -0.1) is 0 Å². The van der Waals surface area contributed by atoms with Gasteiger partial charge in [0, 0.05) is 25.0 Å². The molecule has 1 aromatic heterocycles. The first-order valence-corrected chi connectivity index (χ1v) is 8.38. The molecule has 1 aliphatic rings. The van der Waals surface area contributed by atoms with Crippen LogP contribution in [0, 0.1) is 11.8 Å². The molecule has 0 amide bonds. The summed E-state index contributed by atoms with van der Waals surface area (Å²) in [6.45, 7) is 3.65. The van der Waals surface area contributed by atoms with Crippen LogP contribution >= 0.6 is 11.6 Å². The van der Waals surface area contributed by atoms with Crippen molar-refractivity contribution in [3.05, 3.63) is 23.0 Å². The van der Waals surface area contributed by atoms with Gasteiger partial charge in [-0.3, -0.25) is 4.79 Å². The van der Waals surface area contributed by atoms with Crippen LogP contribution in [0.3, 0.4) is 0 Å². The van der Waals surface area contributed by atoms with E-state index in [9.17, 15) is 4.79 Å². The van der Waals surface area contributed by atoms with E-state index in [2.05, 4.69) is 29.3 Å². The number of halogens is 1. The van der Waals surface area contributed by atoms with Crippen LogP contribution in [0.25, 0.3) is 0 Å². The molecule has 0 radical (unpaired) electrons. The van der Waals surface area contributed by atoms with Crippen molar-refractivity contribution < 1.29 is 4.79 Å². The van der Waals surface area contributed by atoms with Crippen molar-refractivity contribution in [3.63, 3.8) is 0 Å². The second-order valence-electron chi connectivity index (χ2n) is 6.64. The molecule has 1 saturated carbocycles. The van der Waals surface area contributed by atoms with Crippen LogP contribution in [0.1, 0.15) is 43.0 Å². The first-order chi connectivity index (χ1) is 10.5. The maximum absolute atomic E-state index is 11.6. The largest absolute Gasteiger partial charge is 0.384 e. The SMILES string of the molecule is CC(=O)c1cnc(Cl)cc1NCC1CCC(CN(C)C)CC1. The van der Waals surface area contributed by atoms with Gasteiger partial charge < -0.3 is 10.2 Å². The maximum atomic E-state index is 11.6. The van der Waals surface area contributed by atoms with Crippen molar-refractivity contribution in [2.45, 2.75) is 32.6 Å². The molecule has 5 heteroatoms. The highest BCUT2D eigenvalue weighted by Gasteiger charge is 2.21. The van der Waals surface area contributed by atoms with E-state index >= 15 is 0 Å². The Balaban J connectivity index is 1.87. The van der Waals surface area contributed by atoms with Gasteiger partial charge in [0.15, 0.2) is 5.78 Å². The Morgan fingerprint density at radius 2 is 1.95 bits per heavy atom. The Labute approximate surface area is 138 Å². The lowest BCUT2D eigenvalue weighted by Crippen LogP contribution is -2.28. The third-order valence-corrected chi connectivity index (χ3v) is 4.63. The number of aromatic nitrogens is 1. The minimum absolute atomic E-state index is 0.0151. The molecule has 4 nitrogen and oxygen atoms in total. The number of hydrogen-bond donors (Lipinski definition) is 1. The fraction of sp³-hybridized carbons (Fsp3) is 0.647. The van der Waals surface area contributed by atoms with Crippen molar-refractivity contribution in [3.8, 4) is 0 Å². The van der Waals surface area contributed by atoms with Gasteiger partial charge in [0.25, 0.3) is 0 Å². The summed E-state index contributed by atoms with van der Waals surface area (Å²) in [6.07, 6.45) is 6.64. The molecular weight excluding hydrogens is 298 g/mol. The van der Waals surface area contributed by atoms with Crippen molar-refractivity contribution >= 4 is 23.1 Å². The minimum atomic E-state index is 0.0151. The quantitative estimate of drug-likeness (QED) is 0.640. The Morgan fingerprint density at radius 3 is 2.55 bits per heavy atom. The first-order valence-electron chi connectivity index (χ1n) is 8.00. The zero-order chi connectivity index (χ0) is 16.1. The van der Waals surface area contributed by atoms with Gasteiger partial charge >= 0.3 is 0 Å². The van der Waals surface area contributed by atoms with E-state index in [0.717, 1.165) is 18.2 Å². The minimum Gasteiger partial charge on any atom is -0.384 e. The Kier molecular flexibility index (Phi) is 6.21. The smallest absolute Gasteiger partial charge is 0.163 e. The van der Waals surface area contributed by atoms with Gasteiger partial charge in [-0.05, 0) is 64.6 Å². The number of Topliss-reactive ketones (excluding diaryl/α,β-unsaturated/α-hetero) is 1. The Morgan fingerprint density at radius 1 is 1.32 bits per heavy atom. The second kappa shape index (κ2) is 7.93. The number of carbonyl (C=O) groups is 1. The number of ketones is 1. The Bertz CT molecular complexity index is 511. The molecule has 1 aliphatic carbocycles. The highest BCUT2D eigenvalue weighted by atomic mass is 35.5. The van der Waals surface area contributed by atoms with Crippen LogP contribution < -0.4 is 5.32 Å². The van der Waals surface area contributed by atoms with E-state index in [1.165, 1.54) is 32.2 Å². The van der Waals surface area contributed by atoms with Gasteiger partial charge in [0.05, 0.1) is 5.56 Å². The summed E-state index contributed by atoms with van der Waals surface area (Å²) in [4.78, 5) is 17.9. The molecule has 0 bridgehead atoms. The number of nitrogens with zero attached hydrogens (tertiary/aromatic N) is 2. The normalized spacial score (nSPS) is 21.9. The third kappa shape index (κ3) is 4.96. The molecule has 22 heavy (non-hydrogen) atoms. The van der Waals surface area contributed by atoms with E-state index < -0.39 is 0 Å². The van der Waals surface area contributed by atoms with Crippen molar-refractivity contribution in [2.24, 2.45) is 11.8 Å². The average Bonchev–Trinajstić information content (AvgIpc) is 2.45. The molecule has 0 atom stereocenters. The number of pyridine rings is 1. The maximum Gasteiger partial charge on any atom is 0.163 e. The summed E-state index contributed by atoms with van der Waals surface area (Å²) >= 11 is 5.94. The highest BCUT2D eigenvalue weighted by molar-refractivity contribution is 6.29. The molecule has 1 fully saturated rings. The van der Waals surface area contributed by atoms with Crippen LogP contribution in [0.15, 0.2) is 12.3 Å². The van der Waals surface area contributed by atoms with E-state index in [-0.39, 0.29) is 5.78 Å². The predicted octanol–water partition coefficient (Wildman–Crippen LogP) is 3.72. The highest BCUT2D eigenvalue weighted by Crippen LogP contribution is 2.30. The molecular formula is C17H26ClN3O. The zero-order valence-electron chi connectivity index (χ0n) is 13.7. The van der Waals surface area contributed by atoms with Gasteiger partial charge in [-0.25, -0.2) is 4.98 Å². The number of anilines is 1. The van der Waals surface area contributed by atoms with Crippen molar-refractivity contribution in [2.75, 3.05) is 32.5 Å². The van der Waals surface area contributed by atoms with E-state index in [1.54, 1.807) is 19.2 Å². The fourth-order valence-corrected chi connectivity index (χ4v) is 3.40. The molecule has 1 aromatic rings. The van der Waals surface area contributed by atoms with Crippen LogP contribution in [0.2, 0.25) is 5.15 Å². The summed E-state index contributed by atoms with van der Waals surface area (Å²) in [5.41, 5.74) is 1.42. The van der Waals surface area contributed by atoms with E-state index in [1.807, 2.05) is 0 Å². The lowest BCUT2D eigenvalue weighted by molar-refractivity contribution is 0.101. The molecule has 2 rings (SSSR count). The van der Waals surface area contributed by atoms with Crippen molar-refractivity contribution in [1.29, 1.82) is 0 Å². The topological polar surface area (TPSA) is 45.2 Å². The zero-order valence-corrected chi connectivity index (χ0v) is 14.5. The molecule has 0 aliphatic heterocycles. The third-order valence-electron chi connectivity index (χ3n) is 4.42. The summed E-state index contributed by atoms with van der Waals surface area (Å²) in [6, 6.07) is 1.75. The Hall–Kier alpha value is -1.13. The number of rotatable bonds is 6. The van der Waals surface area contributed by atoms with Gasteiger partial charge in [-0.1, -0.05) is 11.6 Å². The van der Waals surface area contributed by atoms with Crippen LogP contribution in [-0.2, 0) is 0 Å². The number of hydrogen-bond acceptors (Lipinski definition) is 4. The molecule has 0 saturated heterocycles. The predicted molar refractivity (Wildman–Crippen MR) is 91.7 cm³/mol. The van der Waals surface area contributed by atoms with Crippen LogP contribution in [0.5, 0.6) is 0 Å². The molecule has 0 spiro atoms. The molecule has 1 heterocycles. The number of nitrogens with one attached hydrogen (secondary N) is 1. The second-order valence-corrected chi connectivity index (χ2v) is 7.03. The summed E-state index contributed by atoms with van der Waals surface area (Å²) in [5, 5.41) is 3.82. The van der Waals surface area contributed by atoms with Crippen LogP contribution in [-0.4, -0.2) is 42.9 Å². The van der Waals surface area contributed by atoms with Gasteiger partial charge in [0.2, 0.25) is 0 Å². The summed E-state index contributed by atoms with van der Waals surface area (Å²) in [7, 11) is 4.29. The van der Waals surface area contributed by atoms with Crippen molar-refractivity contribution in [1.82, 2.24) is 9.88 Å². The average molecular weight is 324 g/mol. The van der Waals surface area contributed by atoms with Gasteiger partial charge in [0.1, 0.15) is 5.15 Å². The standard InChI is InChI=1S/C17H26ClN3O/c1-12(22)15-10-20-17(18)8-16(15)19-9-13-4-6-14(7-5-13)11-21(2)3/h8,10,13-14H,4-7,9,11H2,1-3H3,(H,19,20). The lowest BCUT2D eigenvalue weighted by atomic mass is 9.82. The summed E-state index contributed by atoms with van der Waals surface area (Å²) < 4.78 is 0. The van der Waals surface area contributed by atoms with Gasteiger partial charge in [-0.2, -0.15) is 0 Å².